The number of nitrogens with zero attached hydrogens (tertiary/aromatic N) is 2. The van der Waals surface area contributed by atoms with Gasteiger partial charge in [0.15, 0.2) is 15.0 Å². The Kier molecular flexibility index (Phi) is 5.73. The van der Waals surface area contributed by atoms with Crippen molar-refractivity contribution in [3.63, 3.8) is 0 Å². The number of halogens is 1. The number of hydrogen-bond acceptors (Lipinski definition) is 5. The third-order valence-electron chi connectivity index (χ3n) is 4.54. The molecular formula is C22H17BrN2O3S2. The zero-order valence-corrected chi connectivity index (χ0v) is 19.2. The zero-order valence-electron chi connectivity index (χ0n) is 15.9. The number of thiazole rings is 1. The SMILES string of the molecule is CS(=O)(=O)c1ccc2nc(N(Cc3ccccc3)C(=O)c3ccccc3Br)sc2c1. The van der Waals surface area contributed by atoms with E-state index in [2.05, 4.69) is 20.9 Å². The van der Waals surface area contributed by atoms with Gasteiger partial charge in [-0.05, 0) is 51.8 Å². The van der Waals surface area contributed by atoms with Crippen LogP contribution in [0.1, 0.15) is 15.9 Å². The standard InChI is InChI=1S/C22H17BrN2O3S2/c1-30(27,28)16-11-12-19-20(13-16)29-22(24-19)25(14-15-7-3-2-4-8-15)21(26)17-9-5-6-10-18(17)23/h2-13H,14H2,1H3. The maximum atomic E-state index is 13.4. The van der Waals surface area contributed by atoms with Crippen LogP contribution in [-0.4, -0.2) is 25.6 Å². The van der Waals surface area contributed by atoms with Gasteiger partial charge in [0.05, 0.1) is 27.2 Å². The summed E-state index contributed by atoms with van der Waals surface area (Å²) in [5, 5.41) is 0.514. The first-order valence-corrected chi connectivity index (χ1v) is 12.5. The Bertz CT molecular complexity index is 1340. The van der Waals surface area contributed by atoms with Crippen LogP contribution in [0.3, 0.4) is 0 Å². The van der Waals surface area contributed by atoms with E-state index < -0.39 is 9.84 Å². The Balaban J connectivity index is 1.81. The molecule has 30 heavy (non-hydrogen) atoms. The molecule has 152 valence electrons. The lowest BCUT2D eigenvalue weighted by atomic mass is 10.1. The van der Waals surface area contributed by atoms with E-state index in [-0.39, 0.29) is 10.8 Å². The molecule has 0 aliphatic rings. The van der Waals surface area contributed by atoms with E-state index in [1.807, 2.05) is 48.5 Å². The number of carbonyl (C=O) groups is 1. The molecule has 1 aromatic heterocycles. The average molecular weight is 501 g/mol. The lowest BCUT2D eigenvalue weighted by Gasteiger charge is -2.20. The predicted octanol–water partition coefficient (Wildman–Crippen LogP) is 5.31. The number of sulfone groups is 1. The topological polar surface area (TPSA) is 67.3 Å². The first-order valence-electron chi connectivity index (χ1n) is 9.04. The largest absolute Gasteiger partial charge is 0.279 e. The highest BCUT2D eigenvalue weighted by molar-refractivity contribution is 9.10. The fourth-order valence-corrected chi connectivity index (χ4v) is 5.19. The zero-order chi connectivity index (χ0) is 21.3. The Morgan fingerprint density at radius 2 is 1.73 bits per heavy atom. The lowest BCUT2D eigenvalue weighted by Crippen LogP contribution is -2.30. The third kappa shape index (κ3) is 4.30. The molecular weight excluding hydrogens is 484 g/mol. The molecule has 0 atom stereocenters. The van der Waals surface area contributed by atoms with E-state index in [0.29, 0.717) is 31.9 Å². The molecule has 4 aromatic rings. The molecule has 4 rings (SSSR count). The van der Waals surface area contributed by atoms with Crippen LogP contribution in [0.25, 0.3) is 10.2 Å². The summed E-state index contributed by atoms with van der Waals surface area (Å²) in [6, 6.07) is 21.8. The van der Waals surface area contributed by atoms with Gasteiger partial charge in [0.2, 0.25) is 0 Å². The molecule has 0 fully saturated rings. The van der Waals surface area contributed by atoms with Crippen molar-refractivity contribution < 1.29 is 13.2 Å². The second-order valence-electron chi connectivity index (χ2n) is 6.75. The van der Waals surface area contributed by atoms with Crippen LogP contribution in [-0.2, 0) is 16.4 Å². The van der Waals surface area contributed by atoms with E-state index in [1.54, 1.807) is 23.1 Å². The molecule has 0 N–H and O–H groups in total. The molecule has 0 saturated heterocycles. The Morgan fingerprint density at radius 1 is 1.03 bits per heavy atom. The number of amides is 1. The molecule has 0 saturated carbocycles. The van der Waals surface area contributed by atoms with Crippen molar-refractivity contribution in [3.8, 4) is 0 Å². The number of fused-ring (bicyclic) bond motifs is 1. The van der Waals surface area contributed by atoms with Gasteiger partial charge >= 0.3 is 0 Å². The minimum Gasteiger partial charge on any atom is -0.279 e. The van der Waals surface area contributed by atoms with Gasteiger partial charge in [-0.1, -0.05) is 53.8 Å². The highest BCUT2D eigenvalue weighted by Crippen LogP contribution is 2.33. The van der Waals surface area contributed by atoms with Gasteiger partial charge < -0.3 is 0 Å². The second-order valence-corrected chi connectivity index (χ2v) is 10.6. The van der Waals surface area contributed by atoms with Gasteiger partial charge in [0, 0.05) is 10.7 Å². The van der Waals surface area contributed by atoms with E-state index in [4.69, 9.17) is 0 Å². The van der Waals surface area contributed by atoms with Crippen LogP contribution in [0, 0.1) is 0 Å². The predicted molar refractivity (Wildman–Crippen MR) is 124 cm³/mol. The van der Waals surface area contributed by atoms with E-state index in [9.17, 15) is 13.2 Å². The third-order valence-corrected chi connectivity index (χ3v) is 7.38. The van der Waals surface area contributed by atoms with Gasteiger partial charge in [0.25, 0.3) is 5.91 Å². The molecule has 0 bridgehead atoms. The van der Waals surface area contributed by atoms with Crippen molar-refractivity contribution in [1.82, 2.24) is 4.98 Å². The van der Waals surface area contributed by atoms with Gasteiger partial charge in [-0.2, -0.15) is 0 Å². The Hall–Kier alpha value is -2.55. The summed E-state index contributed by atoms with van der Waals surface area (Å²) in [6.45, 7) is 0.347. The molecule has 8 heteroatoms. The first kappa shape index (κ1) is 20.7. The highest BCUT2D eigenvalue weighted by Gasteiger charge is 2.23. The normalized spacial score (nSPS) is 11.5. The number of anilines is 1. The van der Waals surface area contributed by atoms with Gasteiger partial charge in [0.1, 0.15) is 0 Å². The van der Waals surface area contributed by atoms with Crippen molar-refractivity contribution in [3.05, 3.63) is 88.4 Å². The van der Waals surface area contributed by atoms with E-state index in [1.165, 1.54) is 23.7 Å². The first-order chi connectivity index (χ1) is 14.3. The van der Waals surface area contributed by atoms with Crippen LogP contribution in [0.2, 0.25) is 0 Å². The minimum absolute atomic E-state index is 0.186. The van der Waals surface area contributed by atoms with Crippen molar-refractivity contribution in [2.24, 2.45) is 0 Å². The van der Waals surface area contributed by atoms with Crippen LogP contribution in [0.15, 0.2) is 82.2 Å². The van der Waals surface area contributed by atoms with Crippen LogP contribution >= 0.6 is 27.3 Å². The van der Waals surface area contributed by atoms with Crippen molar-refractivity contribution in [2.45, 2.75) is 11.4 Å². The summed E-state index contributed by atoms with van der Waals surface area (Å²) in [7, 11) is -3.33. The number of aromatic nitrogens is 1. The summed E-state index contributed by atoms with van der Waals surface area (Å²) < 4.78 is 25.2. The maximum absolute atomic E-state index is 13.4. The summed E-state index contributed by atoms with van der Waals surface area (Å²) in [5.41, 5.74) is 2.15. The maximum Gasteiger partial charge on any atom is 0.261 e. The number of hydrogen-bond donors (Lipinski definition) is 0. The van der Waals surface area contributed by atoms with Crippen molar-refractivity contribution in [1.29, 1.82) is 0 Å². The van der Waals surface area contributed by atoms with Crippen molar-refractivity contribution >= 4 is 58.4 Å². The molecule has 0 unspecified atom stereocenters. The van der Waals surface area contributed by atoms with Crippen LogP contribution in [0.4, 0.5) is 5.13 Å². The summed E-state index contributed by atoms with van der Waals surface area (Å²) in [5.74, 6) is -0.186. The quantitative estimate of drug-likeness (QED) is 0.372. The van der Waals surface area contributed by atoms with Crippen molar-refractivity contribution in [2.75, 3.05) is 11.2 Å². The molecule has 5 nitrogen and oxygen atoms in total. The molecule has 1 amide bonds. The Labute approximate surface area is 187 Å². The number of benzene rings is 3. The smallest absolute Gasteiger partial charge is 0.261 e. The van der Waals surface area contributed by atoms with Gasteiger partial charge in [-0.15, -0.1) is 0 Å². The molecule has 0 aliphatic heterocycles. The summed E-state index contributed by atoms with van der Waals surface area (Å²) in [4.78, 5) is 19.9. The lowest BCUT2D eigenvalue weighted by molar-refractivity contribution is 0.0984. The summed E-state index contributed by atoms with van der Waals surface area (Å²) in [6.07, 6.45) is 1.17. The second kappa shape index (κ2) is 8.29. The van der Waals surface area contributed by atoms with Gasteiger partial charge in [-0.25, -0.2) is 13.4 Å². The number of rotatable bonds is 5. The van der Waals surface area contributed by atoms with Crippen LogP contribution in [0.5, 0.6) is 0 Å². The summed E-state index contributed by atoms with van der Waals surface area (Å²) >= 11 is 4.76. The van der Waals surface area contributed by atoms with E-state index >= 15 is 0 Å². The fourth-order valence-electron chi connectivity index (χ4n) is 3.01. The Morgan fingerprint density at radius 3 is 2.43 bits per heavy atom. The highest BCUT2D eigenvalue weighted by atomic mass is 79.9. The molecule has 3 aromatic carbocycles. The molecule has 1 heterocycles. The fraction of sp³-hybridized carbons (Fsp3) is 0.0909. The van der Waals surface area contributed by atoms with E-state index in [0.717, 1.165) is 5.56 Å². The minimum atomic E-state index is -3.33. The molecule has 0 radical (unpaired) electrons. The molecule has 0 aliphatic carbocycles. The molecule has 0 spiro atoms. The van der Waals surface area contributed by atoms with Crippen LogP contribution < -0.4 is 4.90 Å². The van der Waals surface area contributed by atoms with Gasteiger partial charge in [-0.3, -0.25) is 9.69 Å². The average Bonchev–Trinajstić information content (AvgIpc) is 3.15. The number of carbonyl (C=O) groups excluding carboxylic acids is 1. The monoisotopic (exact) mass is 500 g/mol.